The molecule has 0 radical (unpaired) electrons. The third-order valence-corrected chi connectivity index (χ3v) is 3.80. The van der Waals surface area contributed by atoms with E-state index in [1.165, 1.54) is 0 Å². The van der Waals surface area contributed by atoms with Gasteiger partial charge in [-0.15, -0.1) is 11.3 Å². The second kappa shape index (κ2) is 3.96. The van der Waals surface area contributed by atoms with E-state index in [1.807, 2.05) is 11.6 Å². The summed E-state index contributed by atoms with van der Waals surface area (Å²) in [5.41, 5.74) is -0.439. The molecule has 1 saturated carbocycles. The molecule has 0 aromatic carbocycles. The largest absolute Gasteiger partial charge is 0.389 e. The van der Waals surface area contributed by atoms with Crippen LogP contribution in [-0.4, -0.2) is 22.2 Å². The SMILES string of the molecule is CC(NCC1(O)CCC1)c1nccs1. The van der Waals surface area contributed by atoms with Gasteiger partial charge in [-0.3, -0.25) is 0 Å². The average Bonchev–Trinajstić information content (AvgIpc) is 2.63. The van der Waals surface area contributed by atoms with Gasteiger partial charge in [-0.2, -0.15) is 0 Å². The molecule has 2 N–H and O–H groups in total. The summed E-state index contributed by atoms with van der Waals surface area (Å²) in [6.07, 6.45) is 4.84. The van der Waals surface area contributed by atoms with Crippen LogP contribution >= 0.6 is 11.3 Å². The first kappa shape index (κ1) is 10.1. The third kappa shape index (κ3) is 2.13. The van der Waals surface area contributed by atoms with Crippen molar-refractivity contribution in [2.75, 3.05) is 6.54 Å². The topological polar surface area (TPSA) is 45.1 Å². The Balaban J connectivity index is 1.80. The lowest BCUT2D eigenvalue weighted by molar-refractivity contribution is -0.0329. The van der Waals surface area contributed by atoms with E-state index < -0.39 is 5.60 Å². The first-order valence-electron chi connectivity index (χ1n) is 5.05. The fourth-order valence-electron chi connectivity index (χ4n) is 1.64. The van der Waals surface area contributed by atoms with Gasteiger partial charge in [0.15, 0.2) is 0 Å². The number of nitrogens with zero attached hydrogens (tertiary/aromatic N) is 1. The van der Waals surface area contributed by atoms with E-state index in [0.717, 1.165) is 24.3 Å². The molecule has 78 valence electrons. The second-order valence-corrected chi connectivity index (χ2v) is 4.98. The standard InChI is InChI=1S/C10H16N2OS/c1-8(9-11-5-6-14-9)12-7-10(13)3-2-4-10/h5-6,8,12-13H,2-4,7H2,1H3. The van der Waals surface area contributed by atoms with E-state index in [4.69, 9.17) is 0 Å². The predicted octanol–water partition coefficient (Wildman–Crippen LogP) is 1.71. The highest BCUT2D eigenvalue weighted by Gasteiger charge is 2.34. The van der Waals surface area contributed by atoms with Crippen molar-refractivity contribution < 1.29 is 5.11 Å². The second-order valence-electron chi connectivity index (χ2n) is 4.05. The molecular formula is C10H16N2OS. The number of rotatable bonds is 4. The Morgan fingerprint density at radius 3 is 3.00 bits per heavy atom. The van der Waals surface area contributed by atoms with Crippen LogP contribution in [0.3, 0.4) is 0 Å². The Hall–Kier alpha value is -0.450. The Bertz CT molecular complexity index is 282. The van der Waals surface area contributed by atoms with Crippen LogP contribution in [0.5, 0.6) is 0 Å². The summed E-state index contributed by atoms with van der Waals surface area (Å²) < 4.78 is 0. The maximum atomic E-state index is 9.88. The van der Waals surface area contributed by atoms with Crippen LogP contribution in [0.15, 0.2) is 11.6 Å². The lowest BCUT2D eigenvalue weighted by Gasteiger charge is -2.37. The fourth-order valence-corrected chi connectivity index (χ4v) is 2.31. The van der Waals surface area contributed by atoms with E-state index >= 15 is 0 Å². The Morgan fingerprint density at radius 2 is 2.50 bits per heavy atom. The molecule has 2 rings (SSSR count). The van der Waals surface area contributed by atoms with Gasteiger partial charge >= 0.3 is 0 Å². The highest BCUT2D eigenvalue weighted by Crippen LogP contribution is 2.31. The molecule has 1 aromatic rings. The number of aromatic nitrogens is 1. The molecule has 1 unspecified atom stereocenters. The number of hydrogen-bond acceptors (Lipinski definition) is 4. The minimum atomic E-state index is -0.439. The number of nitrogens with one attached hydrogen (secondary N) is 1. The van der Waals surface area contributed by atoms with Crippen molar-refractivity contribution in [3.05, 3.63) is 16.6 Å². The number of thiazole rings is 1. The Labute approximate surface area is 88.2 Å². The summed E-state index contributed by atoms with van der Waals surface area (Å²) in [6.45, 7) is 2.77. The first-order valence-corrected chi connectivity index (χ1v) is 5.93. The van der Waals surface area contributed by atoms with E-state index in [0.29, 0.717) is 6.54 Å². The molecule has 1 atom stereocenters. The molecule has 1 heterocycles. The van der Waals surface area contributed by atoms with Gasteiger partial charge < -0.3 is 10.4 Å². The van der Waals surface area contributed by atoms with Crippen LogP contribution in [0.25, 0.3) is 0 Å². The van der Waals surface area contributed by atoms with Crippen molar-refractivity contribution in [2.24, 2.45) is 0 Å². The molecule has 14 heavy (non-hydrogen) atoms. The summed E-state index contributed by atoms with van der Waals surface area (Å²) in [6, 6.07) is 0.250. The average molecular weight is 212 g/mol. The Kier molecular flexibility index (Phi) is 2.85. The minimum absolute atomic E-state index is 0.250. The maximum absolute atomic E-state index is 9.88. The van der Waals surface area contributed by atoms with Gasteiger partial charge in [0, 0.05) is 18.1 Å². The molecule has 0 spiro atoms. The highest BCUT2D eigenvalue weighted by molar-refractivity contribution is 7.09. The van der Waals surface area contributed by atoms with Gasteiger partial charge in [0.1, 0.15) is 5.01 Å². The summed E-state index contributed by atoms with van der Waals surface area (Å²) >= 11 is 1.65. The molecule has 0 amide bonds. The molecule has 4 heteroatoms. The Morgan fingerprint density at radius 1 is 1.71 bits per heavy atom. The van der Waals surface area contributed by atoms with Gasteiger partial charge in [0.05, 0.1) is 11.6 Å². The van der Waals surface area contributed by atoms with Crippen LogP contribution in [0.2, 0.25) is 0 Å². The van der Waals surface area contributed by atoms with Crippen LogP contribution in [-0.2, 0) is 0 Å². The van der Waals surface area contributed by atoms with Crippen LogP contribution in [0.4, 0.5) is 0 Å². The van der Waals surface area contributed by atoms with Gasteiger partial charge in [-0.1, -0.05) is 0 Å². The van der Waals surface area contributed by atoms with Crippen LogP contribution in [0.1, 0.15) is 37.2 Å². The molecule has 0 saturated heterocycles. The maximum Gasteiger partial charge on any atom is 0.109 e. The molecule has 0 aliphatic heterocycles. The molecule has 1 aromatic heterocycles. The number of hydrogen-bond donors (Lipinski definition) is 2. The van der Waals surface area contributed by atoms with Gasteiger partial charge in [-0.25, -0.2) is 4.98 Å². The van der Waals surface area contributed by atoms with Crippen molar-refractivity contribution >= 4 is 11.3 Å². The van der Waals surface area contributed by atoms with Crippen LogP contribution < -0.4 is 5.32 Å². The monoisotopic (exact) mass is 212 g/mol. The summed E-state index contributed by atoms with van der Waals surface area (Å²) in [5.74, 6) is 0. The van der Waals surface area contributed by atoms with E-state index in [2.05, 4.69) is 17.2 Å². The molecule has 1 aliphatic carbocycles. The normalized spacial score (nSPS) is 21.6. The molecule has 1 fully saturated rings. The molecule has 1 aliphatic rings. The summed E-state index contributed by atoms with van der Waals surface area (Å²) in [7, 11) is 0. The smallest absolute Gasteiger partial charge is 0.109 e. The lowest BCUT2D eigenvalue weighted by atomic mass is 9.80. The van der Waals surface area contributed by atoms with E-state index in [9.17, 15) is 5.11 Å². The van der Waals surface area contributed by atoms with Gasteiger partial charge in [-0.05, 0) is 26.2 Å². The van der Waals surface area contributed by atoms with E-state index in [-0.39, 0.29) is 6.04 Å². The molecule has 3 nitrogen and oxygen atoms in total. The third-order valence-electron chi connectivity index (χ3n) is 2.84. The summed E-state index contributed by atoms with van der Waals surface area (Å²) in [5, 5.41) is 16.3. The molecule has 0 bridgehead atoms. The van der Waals surface area contributed by atoms with Crippen molar-refractivity contribution in [1.29, 1.82) is 0 Å². The van der Waals surface area contributed by atoms with Crippen molar-refractivity contribution in [3.8, 4) is 0 Å². The fraction of sp³-hybridized carbons (Fsp3) is 0.700. The lowest BCUT2D eigenvalue weighted by Crippen LogP contribution is -2.46. The van der Waals surface area contributed by atoms with Crippen molar-refractivity contribution in [1.82, 2.24) is 10.3 Å². The van der Waals surface area contributed by atoms with E-state index in [1.54, 1.807) is 11.3 Å². The van der Waals surface area contributed by atoms with Crippen molar-refractivity contribution in [2.45, 2.75) is 37.8 Å². The molecular weight excluding hydrogens is 196 g/mol. The van der Waals surface area contributed by atoms with Crippen molar-refractivity contribution in [3.63, 3.8) is 0 Å². The van der Waals surface area contributed by atoms with Gasteiger partial charge in [0.25, 0.3) is 0 Å². The number of aliphatic hydroxyl groups is 1. The van der Waals surface area contributed by atoms with Gasteiger partial charge in [0.2, 0.25) is 0 Å². The zero-order valence-corrected chi connectivity index (χ0v) is 9.18. The van der Waals surface area contributed by atoms with Crippen LogP contribution in [0, 0.1) is 0 Å². The zero-order chi connectivity index (χ0) is 10.0. The minimum Gasteiger partial charge on any atom is -0.389 e. The predicted molar refractivity (Wildman–Crippen MR) is 57.3 cm³/mol. The first-order chi connectivity index (χ1) is 6.70. The zero-order valence-electron chi connectivity index (χ0n) is 8.36. The highest BCUT2D eigenvalue weighted by atomic mass is 32.1. The summed E-state index contributed by atoms with van der Waals surface area (Å²) in [4.78, 5) is 4.24. The quantitative estimate of drug-likeness (QED) is 0.798.